The number of benzene rings is 2. The first-order chi connectivity index (χ1) is 22.1. The number of carbonyl (C=O) groups is 3. The van der Waals surface area contributed by atoms with Crippen LogP contribution in [0.4, 0.5) is 10.1 Å². The molecule has 2 aromatic carbocycles. The number of rotatable bonds is 9. The zero-order chi connectivity index (χ0) is 32.6. The van der Waals surface area contributed by atoms with E-state index in [1.807, 2.05) is 23.7 Å². The standard InChI is InChI=1S/C36H37FN4O5/c1-21(34(43)44)17-23-9-12-26(19-30(23)46-3)39-35(45)36(15-6-16-36)40-33(42)24-10-13-27-29(18-24)41(2)32(28-14-11-25(37)20-38-28)31(27)22-7-4-5-8-22/h9-14,17-20,22H,4-8,15-16H2,1-3H3,(H,39,45)(H,40,42)(H,43,44)/b21-17+. The third-order valence-corrected chi connectivity index (χ3v) is 9.43. The van der Waals surface area contributed by atoms with Gasteiger partial charge in [-0.15, -0.1) is 0 Å². The number of aromatic nitrogens is 2. The molecule has 0 aliphatic heterocycles. The van der Waals surface area contributed by atoms with Crippen molar-refractivity contribution < 1.29 is 28.6 Å². The summed E-state index contributed by atoms with van der Waals surface area (Å²) in [5.41, 5.74) is 4.25. The van der Waals surface area contributed by atoms with Crippen molar-refractivity contribution in [3.63, 3.8) is 0 Å². The lowest BCUT2D eigenvalue weighted by Gasteiger charge is -2.40. The molecule has 0 radical (unpaired) electrons. The van der Waals surface area contributed by atoms with Crippen molar-refractivity contribution in [1.82, 2.24) is 14.9 Å². The fourth-order valence-electron chi connectivity index (χ4n) is 6.74. The lowest BCUT2D eigenvalue weighted by Crippen LogP contribution is -2.61. The van der Waals surface area contributed by atoms with Gasteiger partial charge in [-0.1, -0.05) is 18.9 Å². The zero-order valence-electron chi connectivity index (χ0n) is 26.2. The van der Waals surface area contributed by atoms with Crippen LogP contribution in [0.3, 0.4) is 0 Å². The average molecular weight is 625 g/mol. The molecule has 2 aromatic heterocycles. The van der Waals surface area contributed by atoms with Gasteiger partial charge in [0, 0.05) is 46.4 Å². The Morgan fingerprint density at radius 1 is 1.07 bits per heavy atom. The number of anilines is 1. The van der Waals surface area contributed by atoms with Crippen LogP contribution in [0.2, 0.25) is 0 Å². The number of carboxylic acid groups (broad SMARTS) is 1. The van der Waals surface area contributed by atoms with Crippen LogP contribution in [-0.2, 0) is 16.6 Å². The zero-order valence-corrected chi connectivity index (χ0v) is 26.2. The molecule has 2 saturated carbocycles. The number of halogens is 1. The number of hydrogen-bond donors (Lipinski definition) is 3. The molecule has 0 unspecified atom stereocenters. The van der Waals surface area contributed by atoms with E-state index in [0.29, 0.717) is 47.0 Å². The van der Waals surface area contributed by atoms with Crippen LogP contribution in [0.25, 0.3) is 28.4 Å². The van der Waals surface area contributed by atoms with E-state index in [9.17, 15) is 23.9 Å². The van der Waals surface area contributed by atoms with Crippen LogP contribution >= 0.6 is 0 Å². The van der Waals surface area contributed by atoms with Gasteiger partial charge in [-0.2, -0.15) is 0 Å². The fourth-order valence-corrected chi connectivity index (χ4v) is 6.74. The number of fused-ring (bicyclic) bond motifs is 1. The van der Waals surface area contributed by atoms with E-state index in [0.717, 1.165) is 48.7 Å². The first kappa shape index (κ1) is 31.0. The lowest BCUT2D eigenvalue weighted by atomic mass is 9.75. The van der Waals surface area contributed by atoms with Gasteiger partial charge in [-0.3, -0.25) is 14.6 Å². The highest BCUT2D eigenvalue weighted by Gasteiger charge is 2.45. The van der Waals surface area contributed by atoms with Gasteiger partial charge >= 0.3 is 5.97 Å². The van der Waals surface area contributed by atoms with Gasteiger partial charge in [0.1, 0.15) is 17.1 Å². The number of hydrogen-bond acceptors (Lipinski definition) is 5. The lowest BCUT2D eigenvalue weighted by molar-refractivity contribution is -0.132. The Kier molecular flexibility index (Phi) is 8.37. The molecule has 2 amide bonds. The smallest absolute Gasteiger partial charge is 0.331 e. The summed E-state index contributed by atoms with van der Waals surface area (Å²) in [6, 6.07) is 13.7. The molecular formula is C36H37FN4O5. The molecule has 0 spiro atoms. The number of carboxylic acids is 1. The van der Waals surface area contributed by atoms with Crippen molar-refractivity contribution in [2.24, 2.45) is 7.05 Å². The summed E-state index contributed by atoms with van der Waals surface area (Å²) in [4.78, 5) is 42.9. The minimum absolute atomic E-state index is 0.151. The molecule has 0 atom stereocenters. The normalized spacial score (nSPS) is 16.2. The van der Waals surface area contributed by atoms with Gasteiger partial charge in [0.25, 0.3) is 5.91 Å². The topological polar surface area (TPSA) is 123 Å². The molecule has 2 fully saturated rings. The highest BCUT2D eigenvalue weighted by atomic mass is 19.1. The number of pyridine rings is 1. The molecule has 2 aliphatic rings. The Hall–Kier alpha value is -4.99. The van der Waals surface area contributed by atoms with Gasteiger partial charge in [0.05, 0.1) is 24.7 Å². The second-order valence-corrected chi connectivity index (χ2v) is 12.3. The maximum Gasteiger partial charge on any atom is 0.331 e. The molecule has 10 heteroatoms. The van der Waals surface area contributed by atoms with Gasteiger partial charge in [0.2, 0.25) is 5.91 Å². The van der Waals surface area contributed by atoms with Crippen LogP contribution in [0.1, 0.15) is 79.3 Å². The molecule has 238 valence electrons. The van der Waals surface area contributed by atoms with E-state index in [2.05, 4.69) is 15.6 Å². The molecule has 2 heterocycles. The summed E-state index contributed by atoms with van der Waals surface area (Å²) in [5.74, 6) is -1.33. The molecule has 0 saturated heterocycles. The van der Waals surface area contributed by atoms with E-state index in [1.54, 1.807) is 30.3 Å². The fraction of sp³-hybridized carbons (Fsp3) is 0.333. The minimum Gasteiger partial charge on any atom is -0.496 e. The summed E-state index contributed by atoms with van der Waals surface area (Å²) in [7, 11) is 3.42. The number of aryl methyl sites for hydroxylation is 1. The van der Waals surface area contributed by atoms with Gasteiger partial charge in [0.15, 0.2) is 0 Å². The molecule has 4 aromatic rings. The first-order valence-corrected chi connectivity index (χ1v) is 15.6. The number of ether oxygens (including phenoxy) is 1. The van der Waals surface area contributed by atoms with Crippen LogP contribution in [0.15, 0.2) is 60.3 Å². The summed E-state index contributed by atoms with van der Waals surface area (Å²) < 4.78 is 21.2. The summed E-state index contributed by atoms with van der Waals surface area (Å²) in [6.45, 7) is 1.49. The molecular weight excluding hydrogens is 587 g/mol. The molecule has 2 aliphatic carbocycles. The number of methoxy groups -OCH3 is 1. The minimum atomic E-state index is -1.07. The third-order valence-electron chi connectivity index (χ3n) is 9.43. The third kappa shape index (κ3) is 5.75. The second kappa shape index (κ2) is 12.4. The highest BCUT2D eigenvalue weighted by molar-refractivity contribution is 6.06. The quantitative estimate of drug-likeness (QED) is 0.176. The summed E-state index contributed by atoms with van der Waals surface area (Å²) in [6.07, 6.45) is 8.97. The largest absolute Gasteiger partial charge is 0.496 e. The van der Waals surface area contributed by atoms with Crippen LogP contribution < -0.4 is 15.4 Å². The van der Waals surface area contributed by atoms with Crippen molar-refractivity contribution in [3.8, 4) is 17.1 Å². The second-order valence-electron chi connectivity index (χ2n) is 12.3. The molecule has 46 heavy (non-hydrogen) atoms. The van der Waals surface area contributed by atoms with Crippen molar-refractivity contribution in [2.45, 2.75) is 63.3 Å². The summed E-state index contributed by atoms with van der Waals surface area (Å²) >= 11 is 0. The Morgan fingerprint density at radius 3 is 2.46 bits per heavy atom. The Bertz CT molecular complexity index is 1870. The maximum atomic E-state index is 13.7. The van der Waals surface area contributed by atoms with Crippen molar-refractivity contribution in [1.29, 1.82) is 0 Å². The number of carbonyl (C=O) groups excluding carboxylic acids is 2. The Labute approximate surface area is 266 Å². The van der Waals surface area contributed by atoms with Crippen LogP contribution in [0, 0.1) is 5.82 Å². The van der Waals surface area contributed by atoms with Crippen molar-refractivity contribution >= 4 is 40.4 Å². The van der Waals surface area contributed by atoms with Crippen molar-refractivity contribution in [3.05, 3.63) is 82.8 Å². The SMILES string of the molecule is COc1cc(NC(=O)C2(NC(=O)c3ccc4c(C5CCCC5)c(-c5ccc(F)cn5)n(C)c4c3)CCC2)ccc1/C=C(\C)C(=O)O. The van der Waals surface area contributed by atoms with E-state index in [-0.39, 0.29) is 17.4 Å². The average Bonchev–Trinajstić information content (AvgIpc) is 3.66. The van der Waals surface area contributed by atoms with E-state index >= 15 is 0 Å². The molecule has 0 bridgehead atoms. The number of aliphatic carboxylic acids is 1. The monoisotopic (exact) mass is 624 g/mol. The molecule has 3 N–H and O–H groups in total. The maximum absolute atomic E-state index is 13.7. The number of nitrogens with zero attached hydrogens (tertiary/aromatic N) is 2. The first-order valence-electron chi connectivity index (χ1n) is 15.6. The van der Waals surface area contributed by atoms with Gasteiger partial charge in [-0.25, -0.2) is 9.18 Å². The molecule has 6 rings (SSSR count). The number of amides is 2. The predicted molar refractivity (Wildman–Crippen MR) is 174 cm³/mol. The van der Waals surface area contributed by atoms with E-state index < -0.39 is 17.3 Å². The van der Waals surface area contributed by atoms with E-state index in [1.165, 1.54) is 37.9 Å². The van der Waals surface area contributed by atoms with Crippen LogP contribution in [-0.4, -0.2) is 45.1 Å². The van der Waals surface area contributed by atoms with E-state index in [4.69, 9.17) is 4.74 Å². The van der Waals surface area contributed by atoms with Crippen LogP contribution in [0.5, 0.6) is 5.75 Å². The summed E-state index contributed by atoms with van der Waals surface area (Å²) in [5, 5.41) is 16.2. The van der Waals surface area contributed by atoms with Gasteiger partial charge in [-0.05, 0) is 93.0 Å². The predicted octanol–water partition coefficient (Wildman–Crippen LogP) is 6.82. The highest BCUT2D eigenvalue weighted by Crippen LogP contribution is 2.44. The van der Waals surface area contributed by atoms with Gasteiger partial charge < -0.3 is 25.0 Å². The number of nitrogens with one attached hydrogen (secondary N) is 2. The van der Waals surface area contributed by atoms with Crippen molar-refractivity contribution in [2.75, 3.05) is 12.4 Å². The Morgan fingerprint density at radius 2 is 1.83 bits per heavy atom. The Balaban J connectivity index is 1.26. The molecule has 9 nitrogen and oxygen atoms in total.